The maximum Gasteiger partial charge on any atom is 0.282 e. The number of quaternary nitrogens is 1. The third-order valence-electron chi connectivity index (χ3n) is 3.70. The molecule has 4 N–H and O–H groups in total. The highest BCUT2D eigenvalue weighted by atomic mass is 35.5. The summed E-state index contributed by atoms with van der Waals surface area (Å²) in [6, 6.07) is 19.0. The minimum atomic E-state index is -1.18. The van der Waals surface area contributed by atoms with Gasteiger partial charge in [-0.25, -0.2) is 0 Å². The first kappa shape index (κ1) is 21.1. The fourth-order valence-electron chi connectivity index (χ4n) is 2.26. The van der Waals surface area contributed by atoms with E-state index in [-0.39, 0.29) is 17.5 Å². The summed E-state index contributed by atoms with van der Waals surface area (Å²) >= 11 is 5.50. The van der Waals surface area contributed by atoms with Crippen molar-refractivity contribution in [1.29, 1.82) is 0 Å². The summed E-state index contributed by atoms with van der Waals surface area (Å²) in [5.74, 6) is -1.27. The summed E-state index contributed by atoms with van der Waals surface area (Å²) in [5, 5.41) is 13.5. The van der Waals surface area contributed by atoms with Crippen LogP contribution in [-0.4, -0.2) is 22.9 Å². The lowest BCUT2D eigenvalue weighted by Gasteiger charge is -2.09. The quantitative estimate of drug-likeness (QED) is 0.680. The highest BCUT2D eigenvalue weighted by Gasteiger charge is 2.17. The zero-order valence-corrected chi connectivity index (χ0v) is 15.8. The van der Waals surface area contributed by atoms with Crippen molar-refractivity contribution in [2.45, 2.75) is 12.5 Å². The van der Waals surface area contributed by atoms with E-state index in [4.69, 9.17) is 11.6 Å². The van der Waals surface area contributed by atoms with E-state index in [0.29, 0.717) is 17.1 Å². The van der Waals surface area contributed by atoms with Gasteiger partial charge in [0, 0.05) is 17.6 Å². The molecule has 0 saturated carbocycles. The third-order valence-corrected chi connectivity index (χ3v) is 3.96. The third kappa shape index (κ3) is 7.19. The maximum absolute atomic E-state index is 11.9. The number of aromatic carboxylic acids is 1. The molecular formula is C21H20ClN3O3. The molecule has 1 atom stereocenters. The second-order valence-electron chi connectivity index (χ2n) is 5.91. The van der Waals surface area contributed by atoms with Crippen LogP contribution in [0.4, 0.5) is 5.69 Å². The molecule has 0 bridgehead atoms. The van der Waals surface area contributed by atoms with E-state index < -0.39 is 5.97 Å². The SMILES string of the molecule is O=C([O-])c1ccc(Cl)cc1.[NH3+][C@@H](Cc1ccccc1)C(=O)Nc1cccnc1. The average Bonchev–Trinajstić information content (AvgIpc) is 2.70. The summed E-state index contributed by atoms with van der Waals surface area (Å²) in [7, 11) is 0. The zero-order valence-electron chi connectivity index (χ0n) is 15.0. The van der Waals surface area contributed by atoms with Crippen molar-refractivity contribution >= 4 is 29.2 Å². The first-order valence-corrected chi connectivity index (χ1v) is 8.88. The number of carboxylic acids is 1. The van der Waals surface area contributed by atoms with E-state index in [0.717, 1.165) is 5.56 Å². The number of carboxylic acid groups (broad SMARTS) is 1. The van der Waals surface area contributed by atoms with E-state index in [1.807, 2.05) is 30.3 Å². The summed E-state index contributed by atoms with van der Waals surface area (Å²) in [6.45, 7) is 0. The molecule has 2 aromatic carbocycles. The van der Waals surface area contributed by atoms with Crippen LogP contribution >= 0.6 is 11.6 Å². The summed E-state index contributed by atoms with van der Waals surface area (Å²) in [4.78, 5) is 26.0. The molecule has 144 valence electrons. The molecule has 7 heteroatoms. The Kier molecular flexibility index (Phi) is 8.14. The van der Waals surface area contributed by atoms with Gasteiger partial charge in [0.15, 0.2) is 6.04 Å². The number of aromatic nitrogens is 1. The van der Waals surface area contributed by atoms with Crippen molar-refractivity contribution < 1.29 is 20.4 Å². The molecule has 0 radical (unpaired) electrons. The Bertz CT molecular complexity index is 888. The number of carbonyl (C=O) groups is 2. The number of pyridine rings is 1. The highest BCUT2D eigenvalue weighted by Crippen LogP contribution is 2.08. The topological polar surface area (TPSA) is 110 Å². The molecule has 0 unspecified atom stereocenters. The van der Waals surface area contributed by atoms with Crippen molar-refractivity contribution in [3.8, 4) is 0 Å². The van der Waals surface area contributed by atoms with Gasteiger partial charge in [-0.2, -0.15) is 0 Å². The number of halogens is 1. The van der Waals surface area contributed by atoms with E-state index in [1.54, 1.807) is 24.5 Å². The van der Waals surface area contributed by atoms with Gasteiger partial charge in [0.25, 0.3) is 5.91 Å². The van der Waals surface area contributed by atoms with Crippen molar-refractivity contribution in [2.24, 2.45) is 0 Å². The lowest BCUT2D eigenvalue weighted by atomic mass is 10.1. The van der Waals surface area contributed by atoms with Gasteiger partial charge < -0.3 is 21.0 Å². The first-order chi connectivity index (χ1) is 13.5. The Morgan fingerprint density at radius 3 is 2.29 bits per heavy atom. The lowest BCUT2D eigenvalue weighted by Crippen LogP contribution is -2.67. The van der Waals surface area contributed by atoms with Crippen molar-refractivity contribution in [3.63, 3.8) is 0 Å². The first-order valence-electron chi connectivity index (χ1n) is 8.50. The lowest BCUT2D eigenvalue weighted by molar-refractivity contribution is -0.402. The Morgan fingerprint density at radius 1 is 1.04 bits per heavy atom. The van der Waals surface area contributed by atoms with Crippen molar-refractivity contribution in [3.05, 3.63) is 95.3 Å². The second kappa shape index (κ2) is 10.8. The molecule has 0 aliphatic rings. The zero-order chi connectivity index (χ0) is 20.4. The number of hydrogen-bond donors (Lipinski definition) is 2. The Hall–Kier alpha value is -3.22. The highest BCUT2D eigenvalue weighted by molar-refractivity contribution is 6.30. The average molecular weight is 398 g/mol. The summed E-state index contributed by atoms with van der Waals surface area (Å²) < 4.78 is 0. The van der Waals surface area contributed by atoms with E-state index >= 15 is 0 Å². The van der Waals surface area contributed by atoms with Gasteiger partial charge in [0.2, 0.25) is 0 Å². The number of nitrogens with one attached hydrogen (secondary N) is 1. The fraction of sp³-hybridized carbons (Fsp3) is 0.0952. The van der Waals surface area contributed by atoms with Gasteiger partial charge in [-0.1, -0.05) is 54.1 Å². The van der Waals surface area contributed by atoms with Gasteiger partial charge in [0.1, 0.15) is 0 Å². The molecule has 28 heavy (non-hydrogen) atoms. The van der Waals surface area contributed by atoms with E-state index in [2.05, 4.69) is 16.0 Å². The molecule has 0 aliphatic heterocycles. The number of anilines is 1. The molecular weight excluding hydrogens is 378 g/mol. The predicted molar refractivity (Wildman–Crippen MR) is 105 cm³/mol. The number of hydrogen-bond acceptors (Lipinski definition) is 4. The standard InChI is InChI=1S/C14H15N3O.C7H5ClO2/c15-13(9-11-5-2-1-3-6-11)14(18)17-12-7-4-8-16-10-12;8-6-3-1-5(2-4-6)7(9)10/h1-8,10,13H,9,15H2,(H,17,18);1-4H,(H,9,10)/t13-;/m0./s1. The Balaban J connectivity index is 0.000000237. The van der Waals surface area contributed by atoms with Gasteiger partial charge in [-0.3, -0.25) is 9.78 Å². The smallest absolute Gasteiger partial charge is 0.282 e. The van der Waals surface area contributed by atoms with Crippen LogP contribution in [0.2, 0.25) is 5.02 Å². The van der Waals surface area contributed by atoms with Crippen LogP contribution in [0.5, 0.6) is 0 Å². The van der Waals surface area contributed by atoms with Gasteiger partial charge in [-0.05, 0) is 35.4 Å². The molecule has 0 aliphatic carbocycles. The molecule has 3 aromatic rings. The minimum Gasteiger partial charge on any atom is -0.545 e. The summed E-state index contributed by atoms with van der Waals surface area (Å²) in [5.41, 5.74) is 5.85. The van der Waals surface area contributed by atoms with Crippen LogP contribution in [0.15, 0.2) is 79.1 Å². The number of rotatable bonds is 5. The van der Waals surface area contributed by atoms with Crippen molar-refractivity contribution in [1.82, 2.24) is 4.98 Å². The van der Waals surface area contributed by atoms with Gasteiger partial charge in [0.05, 0.1) is 17.9 Å². The van der Waals surface area contributed by atoms with Crippen molar-refractivity contribution in [2.75, 3.05) is 5.32 Å². The van der Waals surface area contributed by atoms with Crippen LogP contribution in [0.1, 0.15) is 15.9 Å². The number of benzene rings is 2. The fourth-order valence-corrected chi connectivity index (χ4v) is 2.38. The molecule has 0 spiro atoms. The van der Waals surface area contributed by atoms with Crippen LogP contribution in [0.3, 0.4) is 0 Å². The Morgan fingerprint density at radius 2 is 1.71 bits per heavy atom. The second-order valence-corrected chi connectivity index (χ2v) is 6.35. The Labute approximate surface area is 168 Å². The maximum atomic E-state index is 11.9. The van der Waals surface area contributed by atoms with Crippen LogP contribution in [0, 0.1) is 0 Å². The molecule has 1 heterocycles. The van der Waals surface area contributed by atoms with E-state index in [1.165, 1.54) is 24.3 Å². The van der Waals surface area contributed by atoms with Crippen LogP contribution in [0.25, 0.3) is 0 Å². The van der Waals surface area contributed by atoms with E-state index in [9.17, 15) is 14.7 Å². The molecule has 1 amide bonds. The molecule has 6 nitrogen and oxygen atoms in total. The van der Waals surface area contributed by atoms with Gasteiger partial charge >= 0.3 is 0 Å². The summed E-state index contributed by atoms with van der Waals surface area (Å²) in [6.07, 6.45) is 3.92. The minimum absolute atomic E-state index is 0.0909. The molecule has 1 aromatic heterocycles. The largest absolute Gasteiger partial charge is 0.545 e. The molecule has 3 rings (SSSR count). The number of carbonyl (C=O) groups excluding carboxylic acids is 2. The molecule has 0 fully saturated rings. The monoisotopic (exact) mass is 397 g/mol. The molecule has 0 saturated heterocycles. The van der Waals surface area contributed by atoms with Crippen LogP contribution in [-0.2, 0) is 11.2 Å². The normalized spacial score (nSPS) is 10.9. The van der Waals surface area contributed by atoms with Gasteiger partial charge in [-0.15, -0.1) is 0 Å². The number of amides is 1. The van der Waals surface area contributed by atoms with Crippen LogP contribution < -0.4 is 16.2 Å². The predicted octanol–water partition coefficient (Wildman–Crippen LogP) is 1.58. The number of nitrogens with zero attached hydrogens (tertiary/aromatic N) is 1.